The fraction of sp³-hybridized carbons (Fsp3) is 0.889. The van der Waals surface area contributed by atoms with E-state index in [9.17, 15) is 4.79 Å². The van der Waals surface area contributed by atoms with E-state index in [1.807, 2.05) is 6.92 Å². The van der Waals surface area contributed by atoms with E-state index < -0.39 is 0 Å². The number of esters is 1. The van der Waals surface area contributed by atoms with Gasteiger partial charge in [0.25, 0.3) is 0 Å². The Morgan fingerprint density at radius 3 is 2.58 bits per heavy atom. The van der Waals surface area contributed by atoms with E-state index in [4.69, 9.17) is 0 Å². The molecule has 0 fully saturated rings. The predicted octanol–water partition coefficient (Wildman–Crippen LogP) is 1.33. The van der Waals surface area contributed by atoms with Crippen LogP contribution in [0, 0.1) is 0 Å². The second-order valence-corrected chi connectivity index (χ2v) is 2.82. The second-order valence-electron chi connectivity index (χ2n) is 2.82. The lowest BCUT2D eigenvalue weighted by atomic mass is 10.1. The molecule has 0 saturated heterocycles. The summed E-state index contributed by atoms with van der Waals surface area (Å²) in [6.45, 7) is 5.06. The summed E-state index contributed by atoms with van der Waals surface area (Å²) in [4.78, 5) is 10.9. The molecule has 1 N–H and O–H groups in total. The molecule has 0 aromatic carbocycles. The lowest BCUT2D eigenvalue weighted by Crippen LogP contribution is -2.31. The van der Waals surface area contributed by atoms with Crippen molar-refractivity contribution in [3.05, 3.63) is 0 Å². The first-order chi connectivity index (χ1) is 5.74. The minimum absolute atomic E-state index is 0.130. The third-order valence-corrected chi connectivity index (χ3v) is 1.77. The first-order valence-corrected chi connectivity index (χ1v) is 4.54. The summed E-state index contributed by atoms with van der Waals surface area (Å²) in [6.07, 6.45) is 2.61. The van der Waals surface area contributed by atoms with Gasteiger partial charge in [0.1, 0.15) is 0 Å². The monoisotopic (exact) mass is 173 g/mol. The Kier molecular flexibility index (Phi) is 6.76. The van der Waals surface area contributed by atoms with Gasteiger partial charge in [-0.3, -0.25) is 4.79 Å². The first kappa shape index (κ1) is 11.4. The van der Waals surface area contributed by atoms with Gasteiger partial charge in [0.2, 0.25) is 0 Å². The van der Waals surface area contributed by atoms with Crippen LogP contribution in [0.4, 0.5) is 0 Å². The summed E-state index contributed by atoms with van der Waals surface area (Å²) in [5, 5.41) is 3.25. The zero-order valence-electron chi connectivity index (χ0n) is 8.22. The predicted molar refractivity (Wildman–Crippen MR) is 49.0 cm³/mol. The van der Waals surface area contributed by atoms with Crippen LogP contribution in [0.25, 0.3) is 0 Å². The fourth-order valence-corrected chi connectivity index (χ4v) is 1.20. The molecule has 12 heavy (non-hydrogen) atoms. The van der Waals surface area contributed by atoms with Crippen LogP contribution in [0.15, 0.2) is 0 Å². The van der Waals surface area contributed by atoms with Gasteiger partial charge >= 0.3 is 5.97 Å². The Hall–Kier alpha value is -0.570. The van der Waals surface area contributed by atoms with Gasteiger partial charge in [-0.1, -0.05) is 20.3 Å². The lowest BCUT2D eigenvalue weighted by Gasteiger charge is -2.14. The van der Waals surface area contributed by atoms with Crippen LogP contribution in [-0.4, -0.2) is 25.7 Å². The van der Waals surface area contributed by atoms with Crippen LogP contribution in [0.2, 0.25) is 0 Å². The summed E-state index contributed by atoms with van der Waals surface area (Å²) < 4.78 is 4.59. The second kappa shape index (κ2) is 7.10. The largest absolute Gasteiger partial charge is 0.469 e. The van der Waals surface area contributed by atoms with Crippen molar-refractivity contribution in [2.75, 3.05) is 13.7 Å². The van der Waals surface area contributed by atoms with E-state index in [0.717, 1.165) is 19.4 Å². The summed E-state index contributed by atoms with van der Waals surface area (Å²) >= 11 is 0. The van der Waals surface area contributed by atoms with Crippen LogP contribution < -0.4 is 5.32 Å². The Morgan fingerprint density at radius 1 is 1.50 bits per heavy atom. The van der Waals surface area contributed by atoms with Crippen molar-refractivity contribution in [2.45, 2.75) is 39.2 Å². The Morgan fingerprint density at radius 2 is 2.17 bits per heavy atom. The topological polar surface area (TPSA) is 38.3 Å². The SMILES string of the molecule is CCCC(CC(=O)OC)NCC. The van der Waals surface area contributed by atoms with Crippen molar-refractivity contribution in [3.63, 3.8) is 0 Å². The number of hydrogen-bond donors (Lipinski definition) is 1. The molecule has 0 amide bonds. The molecule has 0 aromatic rings. The number of rotatable bonds is 6. The van der Waals surface area contributed by atoms with Crippen molar-refractivity contribution < 1.29 is 9.53 Å². The minimum atomic E-state index is -0.130. The summed E-state index contributed by atoms with van der Waals surface area (Å²) in [5.41, 5.74) is 0. The van der Waals surface area contributed by atoms with Gasteiger partial charge in [-0.2, -0.15) is 0 Å². The Bertz CT molecular complexity index is 120. The fourth-order valence-electron chi connectivity index (χ4n) is 1.20. The molecular formula is C9H19NO2. The lowest BCUT2D eigenvalue weighted by molar-refractivity contribution is -0.141. The van der Waals surface area contributed by atoms with Crippen molar-refractivity contribution in [2.24, 2.45) is 0 Å². The molecule has 0 spiro atoms. The molecule has 0 heterocycles. The van der Waals surface area contributed by atoms with Gasteiger partial charge in [0.05, 0.1) is 13.5 Å². The molecule has 72 valence electrons. The van der Waals surface area contributed by atoms with Gasteiger partial charge in [0.15, 0.2) is 0 Å². The average Bonchev–Trinajstić information content (AvgIpc) is 2.05. The van der Waals surface area contributed by atoms with E-state index >= 15 is 0 Å². The van der Waals surface area contributed by atoms with Gasteiger partial charge in [-0.05, 0) is 13.0 Å². The molecule has 0 aliphatic heterocycles. The van der Waals surface area contributed by atoms with Crippen molar-refractivity contribution >= 4 is 5.97 Å². The number of methoxy groups -OCH3 is 1. The highest BCUT2D eigenvalue weighted by molar-refractivity contribution is 5.69. The molecule has 0 saturated carbocycles. The first-order valence-electron chi connectivity index (χ1n) is 4.54. The molecule has 3 heteroatoms. The van der Waals surface area contributed by atoms with Crippen molar-refractivity contribution in [1.29, 1.82) is 0 Å². The summed E-state index contributed by atoms with van der Waals surface area (Å²) in [6, 6.07) is 0.285. The third-order valence-electron chi connectivity index (χ3n) is 1.77. The molecule has 0 aliphatic carbocycles. The molecule has 0 aromatic heterocycles. The zero-order valence-corrected chi connectivity index (χ0v) is 8.22. The standard InChI is InChI=1S/C9H19NO2/c1-4-6-8(10-5-2)7-9(11)12-3/h8,10H,4-7H2,1-3H3. The van der Waals surface area contributed by atoms with Crippen molar-refractivity contribution in [1.82, 2.24) is 5.32 Å². The number of ether oxygens (including phenoxy) is 1. The molecule has 1 atom stereocenters. The zero-order chi connectivity index (χ0) is 9.40. The summed E-state index contributed by atoms with van der Waals surface area (Å²) in [5.74, 6) is -0.130. The molecule has 0 radical (unpaired) electrons. The Labute approximate surface area is 74.5 Å². The average molecular weight is 173 g/mol. The number of hydrogen-bond acceptors (Lipinski definition) is 3. The van der Waals surface area contributed by atoms with Crippen LogP contribution in [0.5, 0.6) is 0 Å². The van der Waals surface area contributed by atoms with Gasteiger partial charge in [-0.15, -0.1) is 0 Å². The molecule has 0 rings (SSSR count). The smallest absolute Gasteiger partial charge is 0.307 e. The normalized spacial score (nSPS) is 12.6. The van der Waals surface area contributed by atoms with E-state index in [2.05, 4.69) is 17.0 Å². The maximum Gasteiger partial charge on any atom is 0.307 e. The maximum absolute atomic E-state index is 10.9. The number of carbonyl (C=O) groups is 1. The van der Waals surface area contributed by atoms with E-state index in [1.165, 1.54) is 7.11 Å². The highest BCUT2D eigenvalue weighted by Gasteiger charge is 2.11. The van der Waals surface area contributed by atoms with Crippen LogP contribution >= 0.6 is 0 Å². The quantitative estimate of drug-likeness (QED) is 0.616. The molecule has 1 unspecified atom stereocenters. The third kappa shape index (κ3) is 5.13. The molecule has 0 aliphatic rings. The van der Waals surface area contributed by atoms with Crippen molar-refractivity contribution in [3.8, 4) is 0 Å². The molecule has 0 bridgehead atoms. The maximum atomic E-state index is 10.9. The van der Waals surface area contributed by atoms with E-state index in [1.54, 1.807) is 0 Å². The number of nitrogens with one attached hydrogen (secondary N) is 1. The van der Waals surface area contributed by atoms with E-state index in [0.29, 0.717) is 6.42 Å². The van der Waals surface area contributed by atoms with E-state index in [-0.39, 0.29) is 12.0 Å². The molecular weight excluding hydrogens is 154 g/mol. The van der Waals surface area contributed by atoms with Crippen LogP contribution in [0.3, 0.4) is 0 Å². The Balaban J connectivity index is 3.68. The number of carbonyl (C=O) groups excluding carboxylic acids is 1. The van der Waals surface area contributed by atoms with Crippen LogP contribution in [-0.2, 0) is 9.53 Å². The summed E-state index contributed by atoms with van der Waals surface area (Å²) in [7, 11) is 1.43. The highest BCUT2D eigenvalue weighted by Crippen LogP contribution is 2.02. The minimum Gasteiger partial charge on any atom is -0.469 e. The van der Waals surface area contributed by atoms with Gasteiger partial charge < -0.3 is 10.1 Å². The van der Waals surface area contributed by atoms with Crippen LogP contribution in [0.1, 0.15) is 33.1 Å². The molecule has 3 nitrogen and oxygen atoms in total. The van der Waals surface area contributed by atoms with Gasteiger partial charge in [0, 0.05) is 6.04 Å². The van der Waals surface area contributed by atoms with Gasteiger partial charge in [-0.25, -0.2) is 0 Å². The highest BCUT2D eigenvalue weighted by atomic mass is 16.5.